The summed E-state index contributed by atoms with van der Waals surface area (Å²) in [5.74, 6) is 0.790. The van der Waals surface area contributed by atoms with Crippen LogP contribution >= 0.6 is 11.8 Å². The van der Waals surface area contributed by atoms with Crippen molar-refractivity contribution < 1.29 is 5.11 Å². The van der Waals surface area contributed by atoms with Gasteiger partial charge in [0.1, 0.15) is 0 Å². The van der Waals surface area contributed by atoms with Crippen molar-refractivity contribution in [2.24, 2.45) is 5.92 Å². The summed E-state index contributed by atoms with van der Waals surface area (Å²) in [6.45, 7) is 3.51. The van der Waals surface area contributed by atoms with E-state index in [2.05, 4.69) is 30.6 Å². The van der Waals surface area contributed by atoms with E-state index >= 15 is 0 Å². The highest BCUT2D eigenvalue weighted by molar-refractivity contribution is 7.99. The van der Waals surface area contributed by atoms with E-state index in [1.807, 2.05) is 0 Å². The molecular formula is C12H23NOS. The number of allylic oxidation sites excluding steroid dienone is 2. The van der Waals surface area contributed by atoms with Crippen LogP contribution in [0, 0.1) is 5.92 Å². The normalized spacial score (nSPS) is 25.1. The van der Waals surface area contributed by atoms with Crippen LogP contribution in [0.2, 0.25) is 0 Å². The Morgan fingerprint density at radius 1 is 1.53 bits per heavy atom. The minimum absolute atomic E-state index is 0.264. The molecule has 1 rings (SSSR count). The minimum Gasteiger partial charge on any atom is -0.395 e. The summed E-state index contributed by atoms with van der Waals surface area (Å²) in [6, 6.07) is 0.399. The zero-order valence-corrected chi connectivity index (χ0v) is 10.6. The number of aliphatic hydroxyl groups excluding tert-OH is 1. The van der Waals surface area contributed by atoms with E-state index < -0.39 is 0 Å². The Labute approximate surface area is 97.5 Å². The van der Waals surface area contributed by atoms with Gasteiger partial charge in [-0.25, -0.2) is 0 Å². The molecule has 1 aliphatic carbocycles. The summed E-state index contributed by atoms with van der Waals surface area (Å²) in [6.07, 6.45) is 10.4. The zero-order chi connectivity index (χ0) is 11.1. The van der Waals surface area contributed by atoms with E-state index in [4.69, 9.17) is 5.11 Å². The van der Waals surface area contributed by atoms with Crippen molar-refractivity contribution in [3.05, 3.63) is 12.2 Å². The molecule has 0 aromatic carbocycles. The van der Waals surface area contributed by atoms with Crippen LogP contribution in [0.4, 0.5) is 0 Å². The lowest BCUT2D eigenvalue weighted by atomic mass is 9.94. The minimum atomic E-state index is 0.264. The number of hydrogen-bond donors (Lipinski definition) is 2. The number of hydrogen-bond acceptors (Lipinski definition) is 3. The first kappa shape index (κ1) is 13.1. The van der Waals surface area contributed by atoms with E-state index in [1.165, 1.54) is 19.3 Å². The third-order valence-corrected chi connectivity index (χ3v) is 4.31. The Morgan fingerprint density at radius 3 is 2.87 bits per heavy atom. The van der Waals surface area contributed by atoms with E-state index in [0.29, 0.717) is 11.3 Å². The summed E-state index contributed by atoms with van der Waals surface area (Å²) in [4.78, 5) is 0. The van der Waals surface area contributed by atoms with Crippen molar-refractivity contribution in [2.45, 2.75) is 37.5 Å². The Morgan fingerprint density at radius 2 is 2.33 bits per heavy atom. The van der Waals surface area contributed by atoms with Gasteiger partial charge in [0.15, 0.2) is 0 Å². The molecule has 3 heteroatoms. The van der Waals surface area contributed by atoms with Crippen LogP contribution in [-0.2, 0) is 0 Å². The molecular weight excluding hydrogens is 206 g/mol. The molecule has 0 aromatic heterocycles. The average molecular weight is 229 g/mol. The molecule has 0 fully saturated rings. The molecule has 3 atom stereocenters. The lowest BCUT2D eigenvalue weighted by molar-refractivity contribution is 0.272. The van der Waals surface area contributed by atoms with Crippen LogP contribution in [0.5, 0.6) is 0 Å². The fraction of sp³-hybridized carbons (Fsp3) is 0.833. The van der Waals surface area contributed by atoms with Crippen LogP contribution in [0.15, 0.2) is 12.2 Å². The maximum absolute atomic E-state index is 9.16. The van der Waals surface area contributed by atoms with Gasteiger partial charge in [0, 0.05) is 11.3 Å². The molecule has 1 aliphatic rings. The molecule has 2 nitrogen and oxygen atoms in total. The molecule has 0 heterocycles. The quantitative estimate of drug-likeness (QED) is 0.684. The molecule has 0 saturated carbocycles. The highest BCUT2D eigenvalue weighted by atomic mass is 32.2. The topological polar surface area (TPSA) is 32.3 Å². The van der Waals surface area contributed by atoms with Crippen molar-refractivity contribution in [1.82, 2.24) is 5.32 Å². The van der Waals surface area contributed by atoms with Crippen molar-refractivity contribution in [2.75, 3.05) is 19.4 Å². The molecule has 88 valence electrons. The second kappa shape index (κ2) is 7.31. The van der Waals surface area contributed by atoms with Crippen LogP contribution in [-0.4, -0.2) is 35.8 Å². The van der Waals surface area contributed by atoms with Crippen LogP contribution in [0.1, 0.15) is 26.2 Å². The molecule has 0 amide bonds. The summed E-state index contributed by atoms with van der Waals surface area (Å²) in [5.41, 5.74) is 0. The van der Waals surface area contributed by atoms with Gasteiger partial charge in [-0.1, -0.05) is 12.2 Å². The average Bonchev–Trinajstić information content (AvgIpc) is 2.29. The fourth-order valence-electron chi connectivity index (χ4n) is 1.96. The van der Waals surface area contributed by atoms with Crippen molar-refractivity contribution in [3.8, 4) is 0 Å². The first-order valence-corrected chi connectivity index (χ1v) is 7.08. The largest absolute Gasteiger partial charge is 0.395 e. The second-order valence-electron chi connectivity index (χ2n) is 4.30. The highest BCUT2D eigenvalue weighted by Gasteiger charge is 2.16. The van der Waals surface area contributed by atoms with Crippen LogP contribution in [0.3, 0.4) is 0 Å². The predicted molar refractivity (Wildman–Crippen MR) is 68.3 cm³/mol. The summed E-state index contributed by atoms with van der Waals surface area (Å²) in [5, 5.41) is 13.0. The third-order valence-electron chi connectivity index (χ3n) is 3.15. The molecule has 0 radical (unpaired) electrons. The number of nitrogens with one attached hydrogen (secondary N) is 1. The Balaban J connectivity index is 2.20. The van der Waals surface area contributed by atoms with Crippen molar-refractivity contribution in [1.29, 1.82) is 0 Å². The van der Waals surface area contributed by atoms with Gasteiger partial charge in [0.25, 0.3) is 0 Å². The van der Waals surface area contributed by atoms with Crippen LogP contribution < -0.4 is 5.32 Å². The molecule has 3 unspecified atom stereocenters. The lowest BCUT2D eigenvalue weighted by Gasteiger charge is -2.25. The number of aliphatic hydroxyl groups is 1. The number of thioether (sulfide) groups is 1. The predicted octanol–water partition coefficient (Wildman–Crippen LogP) is 2.04. The fourth-order valence-corrected chi connectivity index (χ4v) is 2.62. The SMILES string of the molecule is CSC(CO)C(C)NCC1CC=CCC1. The molecule has 2 N–H and O–H groups in total. The summed E-state index contributed by atoms with van der Waals surface area (Å²) >= 11 is 1.74. The molecule has 15 heavy (non-hydrogen) atoms. The van der Waals surface area contributed by atoms with Crippen LogP contribution in [0.25, 0.3) is 0 Å². The maximum atomic E-state index is 9.16. The van der Waals surface area contributed by atoms with Gasteiger partial charge < -0.3 is 10.4 Å². The van der Waals surface area contributed by atoms with E-state index in [-0.39, 0.29) is 6.61 Å². The van der Waals surface area contributed by atoms with Gasteiger partial charge >= 0.3 is 0 Å². The Hall–Kier alpha value is 0.0100. The van der Waals surface area contributed by atoms with Gasteiger partial charge in [-0.05, 0) is 44.9 Å². The second-order valence-corrected chi connectivity index (χ2v) is 5.38. The molecule has 0 saturated heterocycles. The summed E-state index contributed by atoms with van der Waals surface area (Å²) < 4.78 is 0. The van der Waals surface area contributed by atoms with E-state index in [0.717, 1.165) is 12.5 Å². The molecule has 0 aromatic rings. The third kappa shape index (κ3) is 4.58. The van der Waals surface area contributed by atoms with Gasteiger partial charge in [-0.15, -0.1) is 0 Å². The Kier molecular flexibility index (Phi) is 6.37. The van der Waals surface area contributed by atoms with Crippen molar-refractivity contribution >= 4 is 11.8 Å². The van der Waals surface area contributed by atoms with Gasteiger partial charge in [-0.2, -0.15) is 11.8 Å². The Bertz CT molecular complexity index is 192. The standard InChI is InChI=1S/C12H23NOS/c1-10(12(9-14)15-2)13-8-11-6-4-3-5-7-11/h3-4,10-14H,5-9H2,1-2H3. The summed E-state index contributed by atoms with van der Waals surface area (Å²) in [7, 11) is 0. The lowest BCUT2D eigenvalue weighted by Crippen LogP contribution is -2.40. The van der Waals surface area contributed by atoms with Gasteiger partial charge in [-0.3, -0.25) is 0 Å². The monoisotopic (exact) mass is 229 g/mol. The molecule has 0 aliphatic heterocycles. The highest BCUT2D eigenvalue weighted by Crippen LogP contribution is 2.18. The van der Waals surface area contributed by atoms with E-state index in [1.54, 1.807) is 11.8 Å². The van der Waals surface area contributed by atoms with Gasteiger partial charge in [0.2, 0.25) is 0 Å². The van der Waals surface area contributed by atoms with Crippen molar-refractivity contribution in [3.63, 3.8) is 0 Å². The maximum Gasteiger partial charge on any atom is 0.0564 e. The first-order valence-electron chi connectivity index (χ1n) is 5.80. The number of rotatable bonds is 6. The van der Waals surface area contributed by atoms with E-state index in [9.17, 15) is 0 Å². The molecule has 0 spiro atoms. The molecule has 0 bridgehead atoms. The van der Waals surface area contributed by atoms with Gasteiger partial charge in [0.05, 0.1) is 6.61 Å². The first-order chi connectivity index (χ1) is 7.27. The zero-order valence-electron chi connectivity index (χ0n) is 9.78. The smallest absolute Gasteiger partial charge is 0.0564 e.